The first-order valence-corrected chi connectivity index (χ1v) is 5.49. The molecule has 5 N–H and O–H groups in total. The second-order valence-electron chi connectivity index (χ2n) is 3.89. The maximum atomic E-state index is 10.8. The summed E-state index contributed by atoms with van der Waals surface area (Å²) >= 11 is 0. The van der Waals surface area contributed by atoms with Crippen molar-refractivity contribution in [3.8, 4) is 5.75 Å². The summed E-state index contributed by atoms with van der Waals surface area (Å²) in [6, 6.07) is 3.46. The third-order valence-electron chi connectivity index (χ3n) is 2.58. The number of unbranched alkanes of at least 4 members (excludes halogenated alkanes) is 1. The summed E-state index contributed by atoms with van der Waals surface area (Å²) in [7, 11) is 0. The molecule has 94 valence electrons. The first kappa shape index (κ1) is 13.4. The van der Waals surface area contributed by atoms with Crippen LogP contribution in [0, 0.1) is 10.1 Å². The van der Waals surface area contributed by atoms with Gasteiger partial charge in [0.1, 0.15) is 5.75 Å². The van der Waals surface area contributed by atoms with Crippen LogP contribution < -0.4 is 11.5 Å². The minimum Gasteiger partial charge on any atom is -0.508 e. The number of nitro groups is 1. The van der Waals surface area contributed by atoms with Crippen LogP contribution in [0.2, 0.25) is 0 Å². The van der Waals surface area contributed by atoms with Crippen LogP contribution in [0.25, 0.3) is 0 Å². The molecule has 0 saturated carbocycles. The van der Waals surface area contributed by atoms with Gasteiger partial charge in [-0.2, -0.15) is 0 Å². The van der Waals surface area contributed by atoms with Crippen LogP contribution in [-0.2, 0) is 0 Å². The average Bonchev–Trinajstić information content (AvgIpc) is 2.28. The van der Waals surface area contributed by atoms with E-state index in [2.05, 4.69) is 0 Å². The minimum absolute atomic E-state index is 0.0140. The van der Waals surface area contributed by atoms with Crippen LogP contribution in [-0.4, -0.2) is 16.6 Å². The van der Waals surface area contributed by atoms with Gasteiger partial charge in [0.2, 0.25) is 0 Å². The zero-order valence-corrected chi connectivity index (χ0v) is 9.50. The lowest BCUT2D eigenvalue weighted by Crippen LogP contribution is -2.13. The minimum atomic E-state index is -0.489. The van der Waals surface area contributed by atoms with E-state index in [9.17, 15) is 15.2 Å². The first-order chi connectivity index (χ1) is 8.06. The summed E-state index contributed by atoms with van der Waals surface area (Å²) < 4.78 is 0. The molecule has 1 rings (SSSR count). The number of aromatic hydroxyl groups is 1. The topological polar surface area (TPSA) is 115 Å². The van der Waals surface area contributed by atoms with E-state index < -0.39 is 11.0 Å². The predicted octanol–water partition coefficient (Wildman–Crippen LogP) is 1.43. The molecule has 0 radical (unpaired) electrons. The molecule has 0 fully saturated rings. The Labute approximate surface area is 99.4 Å². The Hall–Kier alpha value is -1.66. The van der Waals surface area contributed by atoms with Gasteiger partial charge < -0.3 is 16.6 Å². The molecule has 0 unspecified atom stereocenters. The molecule has 0 aliphatic carbocycles. The number of rotatable bonds is 6. The smallest absolute Gasteiger partial charge is 0.274 e. The van der Waals surface area contributed by atoms with Gasteiger partial charge in [0.15, 0.2) is 0 Å². The molecule has 1 atom stereocenters. The molecule has 0 bridgehead atoms. The van der Waals surface area contributed by atoms with Crippen molar-refractivity contribution in [2.45, 2.75) is 25.3 Å². The van der Waals surface area contributed by atoms with E-state index in [1.54, 1.807) is 0 Å². The molecule has 1 aromatic carbocycles. The van der Waals surface area contributed by atoms with E-state index in [4.69, 9.17) is 11.5 Å². The van der Waals surface area contributed by atoms with Gasteiger partial charge in [-0.05, 0) is 31.5 Å². The van der Waals surface area contributed by atoms with E-state index in [1.807, 2.05) is 0 Å². The van der Waals surface area contributed by atoms with Gasteiger partial charge in [0.05, 0.1) is 10.5 Å². The Kier molecular flexibility index (Phi) is 4.86. The standard InChI is InChI=1S/C11H17N3O3/c12-6-2-1-3-10(13)9-7-8(15)4-5-11(9)14(16)17/h4-5,7,10,15H,1-3,6,12-13H2/t10-/m1/s1. The summed E-state index contributed by atoms with van der Waals surface area (Å²) in [5.74, 6) is -0.0140. The summed E-state index contributed by atoms with van der Waals surface area (Å²) in [6.45, 7) is 0.578. The molecule has 6 nitrogen and oxygen atoms in total. The lowest BCUT2D eigenvalue weighted by molar-refractivity contribution is -0.385. The number of nitrogens with two attached hydrogens (primary N) is 2. The lowest BCUT2D eigenvalue weighted by Gasteiger charge is -2.12. The third-order valence-corrected chi connectivity index (χ3v) is 2.58. The summed E-state index contributed by atoms with van der Waals surface area (Å²) in [6.07, 6.45) is 2.26. The molecule has 0 aromatic heterocycles. The molecule has 0 aliphatic heterocycles. The number of benzene rings is 1. The number of hydrogen-bond acceptors (Lipinski definition) is 5. The second kappa shape index (κ2) is 6.17. The molecule has 0 aliphatic rings. The predicted molar refractivity (Wildman–Crippen MR) is 64.6 cm³/mol. The van der Waals surface area contributed by atoms with E-state index in [0.29, 0.717) is 18.5 Å². The fourth-order valence-corrected chi connectivity index (χ4v) is 1.67. The van der Waals surface area contributed by atoms with Crippen molar-refractivity contribution in [2.24, 2.45) is 11.5 Å². The number of nitro benzene ring substituents is 1. The molecule has 0 saturated heterocycles. The van der Waals surface area contributed by atoms with Crippen LogP contribution in [0.4, 0.5) is 5.69 Å². The van der Waals surface area contributed by atoms with Gasteiger partial charge in [-0.3, -0.25) is 10.1 Å². The molecular weight excluding hydrogens is 222 g/mol. The largest absolute Gasteiger partial charge is 0.508 e. The monoisotopic (exact) mass is 239 g/mol. The Morgan fingerprint density at radius 1 is 1.41 bits per heavy atom. The van der Waals surface area contributed by atoms with Crippen molar-refractivity contribution in [1.29, 1.82) is 0 Å². The van der Waals surface area contributed by atoms with Crippen LogP contribution in [0.3, 0.4) is 0 Å². The third kappa shape index (κ3) is 3.69. The van der Waals surface area contributed by atoms with E-state index >= 15 is 0 Å². The van der Waals surface area contributed by atoms with Crippen LogP contribution in [0.1, 0.15) is 30.9 Å². The van der Waals surface area contributed by atoms with Crippen molar-refractivity contribution in [3.63, 3.8) is 0 Å². The van der Waals surface area contributed by atoms with Gasteiger partial charge in [0.25, 0.3) is 5.69 Å². The average molecular weight is 239 g/mol. The highest BCUT2D eigenvalue weighted by molar-refractivity contribution is 5.46. The SMILES string of the molecule is NCCCC[C@@H](N)c1cc(O)ccc1[N+](=O)[O-]. The van der Waals surface area contributed by atoms with Gasteiger partial charge in [-0.25, -0.2) is 0 Å². The number of phenolic OH excluding ortho intramolecular Hbond substituents is 1. The molecule has 0 heterocycles. The highest BCUT2D eigenvalue weighted by atomic mass is 16.6. The van der Waals surface area contributed by atoms with E-state index in [-0.39, 0.29) is 11.4 Å². The summed E-state index contributed by atoms with van der Waals surface area (Å²) in [5.41, 5.74) is 11.6. The lowest BCUT2D eigenvalue weighted by atomic mass is 10.00. The normalized spacial score (nSPS) is 12.4. The maximum absolute atomic E-state index is 10.8. The Morgan fingerprint density at radius 2 is 2.12 bits per heavy atom. The molecular formula is C11H17N3O3. The van der Waals surface area contributed by atoms with Crippen LogP contribution >= 0.6 is 0 Å². The van der Waals surface area contributed by atoms with Gasteiger partial charge >= 0.3 is 0 Å². The van der Waals surface area contributed by atoms with Gasteiger partial charge in [0, 0.05) is 12.1 Å². The van der Waals surface area contributed by atoms with Crippen molar-refractivity contribution < 1.29 is 10.0 Å². The fourth-order valence-electron chi connectivity index (χ4n) is 1.67. The highest BCUT2D eigenvalue weighted by Crippen LogP contribution is 2.29. The van der Waals surface area contributed by atoms with Crippen molar-refractivity contribution in [2.75, 3.05) is 6.54 Å². The fraction of sp³-hybridized carbons (Fsp3) is 0.455. The Bertz CT molecular complexity index is 396. The van der Waals surface area contributed by atoms with E-state index in [1.165, 1.54) is 18.2 Å². The maximum Gasteiger partial charge on any atom is 0.274 e. The van der Waals surface area contributed by atoms with Crippen molar-refractivity contribution >= 4 is 5.69 Å². The molecule has 0 spiro atoms. The molecule has 6 heteroatoms. The quantitative estimate of drug-likeness (QED) is 0.394. The molecule has 1 aromatic rings. The zero-order chi connectivity index (χ0) is 12.8. The van der Waals surface area contributed by atoms with Crippen molar-refractivity contribution in [3.05, 3.63) is 33.9 Å². The van der Waals surface area contributed by atoms with Crippen molar-refractivity contribution in [1.82, 2.24) is 0 Å². The molecule has 0 amide bonds. The summed E-state index contributed by atoms with van der Waals surface area (Å²) in [4.78, 5) is 10.3. The Morgan fingerprint density at radius 3 is 2.71 bits per heavy atom. The number of phenols is 1. The zero-order valence-electron chi connectivity index (χ0n) is 9.50. The Balaban J connectivity index is 2.86. The van der Waals surface area contributed by atoms with Gasteiger partial charge in [-0.15, -0.1) is 0 Å². The van der Waals surface area contributed by atoms with Crippen LogP contribution in [0.15, 0.2) is 18.2 Å². The molecule has 17 heavy (non-hydrogen) atoms. The highest BCUT2D eigenvalue weighted by Gasteiger charge is 2.19. The number of nitrogens with zero attached hydrogens (tertiary/aromatic N) is 1. The number of hydrogen-bond donors (Lipinski definition) is 3. The summed E-state index contributed by atoms with van der Waals surface area (Å²) in [5, 5.41) is 20.2. The first-order valence-electron chi connectivity index (χ1n) is 5.49. The van der Waals surface area contributed by atoms with Crippen LogP contribution in [0.5, 0.6) is 5.75 Å². The van der Waals surface area contributed by atoms with Gasteiger partial charge in [-0.1, -0.05) is 6.42 Å². The second-order valence-corrected chi connectivity index (χ2v) is 3.89. The van der Waals surface area contributed by atoms with E-state index in [0.717, 1.165) is 12.8 Å².